The van der Waals surface area contributed by atoms with Gasteiger partial charge in [0.2, 0.25) is 0 Å². The lowest BCUT2D eigenvalue weighted by Crippen LogP contribution is -2.36. The van der Waals surface area contributed by atoms with Crippen molar-refractivity contribution >= 4 is 11.7 Å². The zero-order valence-corrected chi connectivity index (χ0v) is 13.0. The first-order chi connectivity index (χ1) is 9.58. The molecule has 112 valence electrons. The second kappa shape index (κ2) is 8.46. The van der Waals surface area contributed by atoms with Gasteiger partial charge in [0.25, 0.3) is 0 Å². The zero-order valence-electron chi connectivity index (χ0n) is 13.0. The second-order valence-corrected chi connectivity index (χ2v) is 5.08. The molecule has 0 aliphatic heterocycles. The van der Waals surface area contributed by atoms with Gasteiger partial charge in [0, 0.05) is 13.1 Å². The van der Waals surface area contributed by atoms with Crippen LogP contribution in [0.25, 0.3) is 0 Å². The third-order valence-electron chi connectivity index (χ3n) is 2.77. The van der Waals surface area contributed by atoms with E-state index in [2.05, 4.69) is 19.2 Å². The molecule has 0 unspecified atom stereocenters. The first-order valence-electron chi connectivity index (χ1n) is 7.40. The fourth-order valence-corrected chi connectivity index (χ4v) is 1.98. The molecule has 0 bridgehead atoms. The van der Waals surface area contributed by atoms with Crippen LogP contribution in [-0.4, -0.2) is 30.1 Å². The number of benzene rings is 1. The number of ether oxygens (including phenoxy) is 1. The standard InChI is InChI=1S/C16H26N2O2/c1-5-11-18(12-6-2)16(19)17-14-9-7-8-10-15(14)20-13(3)4/h7-10,13H,5-6,11-12H2,1-4H3,(H,17,19). The van der Waals surface area contributed by atoms with Crippen LogP contribution < -0.4 is 10.1 Å². The molecule has 2 amide bonds. The third-order valence-corrected chi connectivity index (χ3v) is 2.77. The van der Waals surface area contributed by atoms with E-state index >= 15 is 0 Å². The molecule has 4 heteroatoms. The molecule has 4 nitrogen and oxygen atoms in total. The Labute approximate surface area is 122 Å². The van der Waals surface area contributed by atoms with Crippen molar-refractivity contribution in [1.29, 1.82) is 0 Å². The van der Waals surface area contributed by atoms with Crippen LogP contribution in [0.1, 0.15) is 40.5 Å². The maximum absolute atomic E-state index is 12.3. The summed E-state index contributed by atoms with van der Waals surface area (Å²) in [6.07, 6.45) is 1.99. The number of nitrogens with one attached hydrogen (secondary N) is 1. The predicted octanol–water partition coefficient (Wildman–Crippen LogP) is 4.13. The van der Waals surface area contributed by atoms with E-state index in [-0.39, 0.29) is 12.1 Å². The average Bonchev–Trinajstić information content (AvgIpc) is 2.40. The summed E-state index contributed by atoms with van der Waals surface area (Å²) in [5.74, 6) is 0.712. The maximum atomic E-state index is 12.3. The van der Waals surface area contributed by atoms with Crippen LogP contribution >= 0.6 is 0 Å². The van der Waals surface area contributed by atoms with Crippen LogP contribution in [0, 0.1) is 0 Å². The van der Waals surface area contributed by atoms with Crippen LogP contribution in [0.2, 0.25) is 0 Å². The normalized spacial score (nSPS) is 10.4. The summed E-state index contributed by atoms with van der Waals surface area (Å²) in [7, 11) is 0. The van der Waals surface area contributed by atoms with Crippen molar-refractivity contribution in [2.45, 2.75) is 46.6 Å². The van der Waals surface area contributed by atoms with Crippen molar-refractivity contribution in [3.63, 3.8) is 0 Å². The molecule has 0 atom stereocenters. The van der Waals surface area contributed by atoms with Crippen LogP contribution in [0.4, 0.5) is 10.5 Å². The molecule has 0 spiro atoms. The van der Waals surface area contributed by atoms with Gasteiger partial charge in [0.15, 0.2) is 0 Å². The van der Waals surface area contributed by atoms with Gasteiger partial charge in [-0.2, -0.15) is 0 Å². The van der Waals surface area contributed by atoms with Crippen molar-refractivity contribution in [3.05, 3.63) is 24.3 Å². The molecular formula is C16H26N2O2. The van der Waals surface area contributed by atoms with Gasteiger partial charge in [0.05, 0.1) is 11.8 Å². The zero-order chi connectivity index (χ0) is 15.0. The first-order valence-corrected chi connectivity index (χ1v) is 7.40. The van der Waals surface area contributed by atoms with Crippen molar-refractivity contribution < 1.29 is 9.53 Å². The van der Waals surface area contributed by atoms with Gasteiger partial charge in [0.1, 0.15) is 5.75 Å². The number of anilines is 1. The lowest BCUT2D eigenvalue weighted by Gasteiger charge is -2.23. The van der Waals surface area contributed by atoms with Crippen molar-refractivity contribution in [2.24, 2.45) is 0 Å². The minimum atomic E-state index is -0.0616. The van der Waals surface area contributed by atoms with Crippen LogP contribution in [0.15, 0.2) is 24.3 Å². The lowest BCUT2D eigenvalue weighted by molar-refractivity contribution is 0.211. The largest absolute Gasteiger partial charge is 0.489 e. The molecule has 1 rings (SSSR count). The molecule has 0 fully saturated rings. The van der Waals surface area contributed by atoms with E-state index in [0.717, 1.165) is 31.6 Å². The maximum Gasteiger partial charge on any atom is 0.321 e. The Balaban J connectivity index is 2.78. The van der Waals surface area contributed by atoms with Gasteiger partial charge in [-0.3, -0.25) is 0 Å². The van der Waals surface area contributed by atoms with Crippen LogP contribution in [0.5, 0.6) is 5.75 Å². The van der Waals surface area contributed by atoms with Gasteiger partial charge < -0.3 is 15.0 Å². The highest BCUT2D eigenvalue weighted by Gasteiger charge is 2.14. The Morgan fingerprint density at radius 2 is 1.80 bits per heavy atom. The predicted molar refractivity (Wildman–Crippen MR) is 83.4 cm³/mol. The third kappa shape index (κ3) is 5.11. The van der Waals surface area contributed by atoms with Crippen LogP contribution in [0.3, 0.4) is 0 Å². The molecule has 1 aromatic carbocycles. The van der Waals surface area contributed by atoms with E-state index < -0.39 is 0 Å². The molecule has 0 saturated carbocycles. The molecule has 0 aromatic heterocycles. The highest BCUT2D eigenvalue weighted by Crippen LogP contribution is 2.25. The molecule has 20 heavy (non-hydrogen) atoms. The molecule has 1 aromatic rings. The molecule has 0 saturated heterocycles. The summed E-state index contributed by atoms with van der Waals surface area (Å²) < 4.78 is 5.71. The number of amides is 2. The fraction of sp³-hybridized carbons (Fsp3) is 0.562. The topological polar surface area (TPSA) is 41.6 Å². The minimum Gasteiger partial charge on any atom is -0.489 e. The Morgan fingerprint density at radius 3 is 2.35 bits per heavy atom. The van der Waals surface area contributed by atoms with Crippen LogP contribution in [-0.2, 0) is 0 Å². The molecule has 0 aliphatic rings. The first kappa shape index (κ1) is 16.3. The van der Waals surface area contributed by atoms with Gasteiger partial charge in [-0.25, -0.2) is 4.79 Å². The van der Waals surface area contributed by atoms with E-state index in [4.69, 9.17) is 4.74 Å². The Hall–Kier alpha value is -1.71. The van der Waals surface area contributed by atoms with Gasteiger partial charge in [-0.1, -0.05) is 26.0 Å². The monoisotopic (exact) mass is 278 g/mol. The Bertz CT molecular complexity index is 413. The van der Waals surface area contributed by atoms with E-state index in [1.54, 1.807) is 0 Å². The highest BCUT2D eigenvalue weighted by atomic mass is 16.5. The highest BCUT2D eigenvalue weighted by molar-refractivity contribution is 5.90. The minimum absolute atomic E-state index is 0.0616. The number of urea groups is 1. The number of rotatable bonds is 7. The summed E-state index contributed by atoms with van der Waals surface area (Å²) in [6, 6.07) is 7.48. The smallest absolute Gasteiger partial charge is 0.321 e. The summed E-state index contributed by atoms with van der Waals surface area (Å²) in [5.41, 5.74) is 0.725. The quantitative estimate of drug-likeness (QED) is 0.815. The summed E-state index contributed by atoms with van der Waals surface area (Å²) in [4.78, 5) is 14.1. The number of hydrogen-bond acceptors (Lipinski definition) is 2. The van der Waals surface area contributed by atoms with Crippen molar-refractivity contribution in [2.75, 3.05) is 18.4 Å². The number of hydrogen-bond donors (Lipinski definition) is 1. The number of carbonyl (C=O) groups is 1. The number of nitrogens with zero attached hydrogens (tertiary/aromatic N) is 1. The molecule has 0 heterocycles. The van der Waals surface area contributed by atoms with E-state index in [9.17, 15) is 4.79 Å². The summed E-state index contributed by atoms with van der Waals surface area (Å²) in [5, 5.41) is 2.95. The fourth-order valence-electron chi connectivity index (χ4n) is 1.98. The van der Waals surface area contributed by atoms with Gasteiger partial charge in [-0.05, 0) is 38.8 Å². The van der Waals surface area contributed by atoms with E-state index in [1.807, 2.05) is 43.0 Å². The van der Waals surface area contributed by atoms with Gasteiger partial charge in [-0.15, -0.1) is 0 Å². The average molecular weight is 278 g/mol. The lowest BCUT2D eigenvalue weighted by atomic mass is 10.3. The Kier molecular flexibility index (Phi) is 6.91. The Morgan fingerprint density at radius 1 is 1.20 bits per heavy atom. The SMILES string of the molecule is CCCN(CCC)C(=O)Nc1ccccc1OC(C)C. The molecule has 0 aliphatic carbocycles. The number of para-hydroxylation sites is 2. The van der Waals surface area contributed by atoms with E-state index in [0.29, 0.717) is 5.75 Å². The van der Waals surface area contributed by atoms with Crippen molar-refractivity contribution in [3.8, 4) is 5.75 Å². The van der Waals surface area contributed by atoms with Crippen molar-refractivity contribution in [1.82, 2.24) is 4.90 Å². The molecule has 1 N–H and O–H groups in total. The van der Waals surface area contributed by atoms with Gasteiger partial charge >= 0.3 is 6.03 Å². The van der Waals surface area contributed by atoms with E-state index in [1.165, 1.54) is 0 Å². The number of carbonyl (C=O) groups excluding carboxylic acids is 1. The summed E-state index contributed by atoms with van der Waals surface area (Å²) >= 11 is 0. The summed E-state index contributed by atoms with van der Waals surface area (Å²) in [6.45, 7) is 9.63. The molecular weight excluding hydrogens is 252 g/mol. The molecule has 0 radical (unpaired) electrons. The second-order valence-electron chi connectivity index (χ2n) is 5.08.